The van der Waals surface area contributed by atoms with E-state index in [2.05, 4.69) is 15.1 Å². The molecule has 160 valence electrons. The van der Waals surface area contributed by atoms with Gasteiger partial charge in [0.1, 0.15) is 12.0 Å². The highest BCUT2D eigenvalue weighted by Crippen LogP contribution is 2.17. The number of carbonyl (C=O) groups excluding carboxylic acids is 2. The molecule has 4 rings (SSSR count). The number of hydrogen-bond donors (Lipinski definition) is 0. The highest BCUT2D eigenvalue weighted by Gasteiger charge is 2.32. The van der Waals surface area contributed by atoms with Crippen molar-refractivity contribution in [2.45, 2.75) is 13.0 Å². The van der Waals surface area contributed by atoms with E-state index in [-0.39, 0.29) is 23.7 Å². The first kappa shape index (κ1) is 20.8. The number of benzene rings is 1. The minimum absolute atomic E-state index is 0.0985. The molecule has 0 bridgehead atoms. The van der Waals surface area contributed by atoms with Gasteiger partial charge in [-0.2, -0.15) is 0 Å². The number of piperazine rings is 1. The Bertz CT molecular complexity index is 1120. The Morgan fingerprint density at radius 2 is 1.94 bits per heavy atom. The Morgan fingerprint density at radius 3 is 2.68 bits per heavy atom. The fourth-order valence-corrected chi connectivity index (χ4v) is 3.67. The van der Waals surface area contributed by atoms with E-state index in [1.807, 2.05) is 13.0 Å². The summed E-state index contributed by atoms with van der Waals surface area (Å²) in [7, 11) is 1.51. The lowest BCUT2D eigenvalue weighted by Gasteiger charge is -2.39. The largest absolute Gasteiger partial charge is 0.481 e. The Hall–Kier alpha value is -3.46. The summed E-state index contributed by atoms with van der Waals surface area (Å²) in [6.07, 6.45) is 1.48. The number of hydrogen-bond acceptors (Lipinski definition) is 6. The molecule has 31 heavy (non-hydrogen) atoms. The zero-order valence-electron chi connectivity index (χ0n) is 17.1. The maximum atomic E-state index is 12.9. The lowest BCUT2D eigenvalue weighted by Crippen LogP contribution is -2.55. The van der Waals surface area contributed by atoms with E-state index in [0.29, 0.717) is 41.9 Å². The minimum Gasteiger partial charge on any atom is -0.481 e. The van der Waals surface area contributed by atoms with Gasteiger partial charge in [0.2, 0.25) is 11.7 Å². The van der Waals surface area contributed by atoms with Crippen molar-refractivity contribution in [3.8, 4) is 11.6 Å². The van der Waals surface area contributed by atoms with Gasteiger partial charge in [0.15, 0.2) is 0 Å². The summed E-state index contributed by atoms with van der Waals surface area (Å²) < 4.78 is 6.61. The van der Waals surface area contributed by atoms with Gasteiger partial charge in [-0.05, 0) is 31.2 Å². The van der Waals surface area contributed by atoms with Crippen LogP contribution in [0.4, 0.5) is 0 Å². The van der Waals surface area contributed by atoms with Gasteiger partial charge < -0.3 is 14.5 Å². The summed E-state index contributed by atoms with van der Waals surface area (Å²) in [5.41, 5.74) is 1.03. The van der Waals surface area contributed by atoms with E-state index in [0.717, 1.165) is 0 Å². The summed E-state index contributed by atoms with van der Waals surface area (Å²) in [6.45, 7) is 3.04. The van der Waals surface area contributed by atoms with Crippen LogP contribution in [0.5, 0.6) is 5.88 Å². The van der Waals surface area contributed by atoms with Crippen molar-refractivity contribution in [1.29, 1.82) is 0 Å². The number of nitrogens with zero attached hydrogens (tertiary/aromatic N) is 6. The number of halogens is 1. The second kappa shape index (κ2) is 8.73. The highest BCUT2D eigenvalue weighted by atomic mass is 35.5. The van der Waals surface area contributed by atoms with E-state index in [1.54, 1.807) is 46.2 Å². The zero-order chi connectivity index (χ0) is 22.0. The third-order valence-electron chi connectivity index (χ3n) is 5.08. The van der Waals surface area contributed by atoms with E-state index in [1.165, 1.54) is 18.1 Å². The molecule has 10 heteroatoms. The van der Waals surface area contributed by atoms with Crippen LogP contribution in [0, 0.1) is 0 Å². The third kappa shape index (κ3) is 4.36. The van der Waals surface area contributed by atoms with Gasteiger partial charge in [-0.3, -0.25) is 9.59 Å². The zero-order valence-corrected chi connectivity index (χ0v) is 17.9. The molecule has 3 aromatic rings. The highest BCUT2D eigenvalue weighted by molar-refractivity contribution is 6.30. The standard InChI is InChI=1S/C21H21ClN6O3/c1-14-12-26(9-10-27(14)20(29)17-7-4-8-18(24-17)31-2)21(30)19-23-13-28(25-19)16-6-3-5-15(22)11-16/h3-8,11,13-14H,9-10,12H2,1-2H3/t14-/m0/s1. The average molecular weight is 441 g/mol. The molecule has 0 radical (unpaired) electrons. The Kier molecular flexibility index (Phi) is 5.85. The number of rotatable bonds is 4. The first-order chi connectivity index (χ1) is 15.0. The smallest absolute Gasteiger partial charge is 0.293 e. The SMILES string of the molecule is COc1cccc(C(=O)N2CCN(C(=O)c3ncn(-c4cccc(Cl)c4)n3)C[C@@H]2C)n1. The van der Waals surface area contributed by atoms with Crippen molar-refractivity contribution >= 4 is 23.4 Å². The predicted molar refractivity (Wildman–Crippen MR) is 114 cm³/mol. The molecule has 1 fully saturated rings. The van der Waals surface area contributed by atoms with Crippen LogP contribution in [0.25, 0.3) is 5.69 Å². The molecule has 0 aliphatic carbocycles. The van der Waals surface area contributed by atoms with Gasteiger partial charge in [0, 0.05) is 36.8 Å². The lowest BCUT2D eigenvalue weighted by molar-refractivity contribution is 0.0404. The number of methoxy groups -OCH3 is 1. The fourth-order valence-electron chi connectivity index (χ4n) is 3.48. The summed E-state index contributed by atoms with van der Waals surface area (Å²) in [4.78, 5) is 37.5. The molecule has 0 spiro atoms. The van der Waals surface area contributed by atoms with Crippen LogP contribution < -0.4 is 4.74 Å². The van der Waals surface area contributed by atoms with Crippen LogP contribution in [-0.4, -0.2) is 74.1 Å². The van der Waals surface area contributed by atoms with Crippen LogP contribution in [0.2, 0.25) is 5.02 Å². The van der Waals surface area contributed by atoms with Gasteiger partial charge in [-0.1, -0.05) is 23.7 Å². The molecule has 1 aliphatic rings. The molecule has 2 amide bonds. The molecule has 2 aromatic heterocycles. The van der Waals surface area contributed by atoms with Gasteiger partial charge in [-0.25, -0.2) is 14.6 Å². The molecule has 1 aromatic carbocycles. The fraction of sp³-hybridized carbons (Fsp3) is 0.286. The third-order valence-corrected chi connectivity index (χ3v) is 5.32. The molecular weight excluding hydrogens is 420 g/mol. The van der Waals surface area contributed by atoms with Crippen molar-refractivity contribution in [2.24, 2.45) is 0 Å². The van der Waals surface area contributed by atoms with Crippen molar-refractivity contribution < 1.29 is 14.3 Å². The summed E-state index contributed by atoms with van der Waals surface area (Å²) in [5, 5.41) is 4.86. The van der Waals surface area contributed by atoms with Crippen molar-refractivity contribution in [3.05, 3.63) is 65.3 Å². The average Bonchev–Trinajstić information content (AvgIpc) is 3.28. The topological polar surface area (TPSA) is 93.5 Å². The number of ether oxygens (including phenoxy) is 1. The van der Waals surface area contributed by atoms with E-state index < -0.39 is 0 Å². The molecular formula is C21H21ClN6O3. The maximum Gasteiger partial charge on any atom is 0.293 e. The van der Waals surface area contributed by atoms with Crippen LogP contribution in [-0.2, 0) is 0 Å². The van der Waals surface area contributed by atoms with Crippen LogP contribution in [0.15, 0.2) is 48.8 Å². The van der Waals surface area contributed by atoms with Gasteiger partial charge in [0.25, 0.3) is 11.8 Å². The summed E-state index contributed by atoms with van der Waals surface area (Å²) in [5.74, 6) is 0.0104. The number of pyridine rings is 1. The van der Waals surface area contributed by atoms with Crippen molar-refractivity contribution in [1.82, 2.24) is 29.5 Å². The summed E-state index contributed by atoms with van der Waals surface area (Å²) in [6, 6.07) is 12.0. The van der Waals surface area contributed by atoms with Crippen LogP contribution >= 0.6 is 11.6 Å². The molecule has 3 heterocycles. The second-order valence-electron chi connectivity index (χ2n) is 7.16. The Labute approximate surface area is 184 Å². The Balaban J connectivity index is 1.44. The van der Waals surface area contributed by atoms with Crippen molar-refractivity contribution in [2.75, 3.05) is 26.7 Å². The number of carbonyl (C=O) groups is 2. The molecule has 1 saturated heterocycles. The molecule has 1 atom stereocenters. The van der Waals surface area contributed by atoms with E-state index >= 15 is 0 Å². The lowest BCUT2D eigenvalue weighted by atomic mass is 10.1. The summed E-state index contributed by atoms with van der Waals surface area (Å²) >= 11 is 6.02. The minimum atomic E-state index is -0.278. The van der Waals surface area contributed by atoms with Crippen LogP contribution in [0.3, 0.4) is 0 Å². The molecule has 0 unspecified atom stereocenters. The van der Waals surface area contributed by atoms with Gasteiger partial charge >= 0.3 is 0 Å². The molecule has 0 N–H and O–H groups in total. The maximum absolute atomic E-state index is 12.9. The Morgan fingerprint density at radius 1 is 1.13 bits per heavy atom. The molecule has 0 saturated carbocycles. The number of aromatic nitrogens is 4. The normalized spacial score (nSPS) is 16.3. The first-order valence-electron chi connectivity index (χ1n) is 9.75. The second-order valence-corrected chi connectivity index (χ2v) is 7.59. The monoisotopic (exact) mass is 440 g/mol. The van der Waals surface area contributed by atoms with Crippen LogP contribution in [0.1, 0.15) is 28.0 Å². The van der Waals surface area contributed by atoms with Crippen molar-refractivity contribution in [3.63, 3.8) is 0 Å². The predicted octanol–water partition coefficient (Wildman–Crippen LogP) is 2.31. The molecule has 9 nitrogen and oxygen atoms in total. The van der Waals surface area contributed by atoms with E-state index in [9.17, 15) is 9.59 Å². The van der Waals surface area contributed by atoms with E-state index in [4.69, 9.17) is 16.3 Å². The first-order valence-corrected chi connectivity index (χ1v) is 10.1. The molecule has 1 aliphatic heterocycles. The quantitative estimate of drug-likeness (QED) is 0.618. The van der Waals surface area contributed by atoms with Gasteiger partial charge in [0.05, 0.1) is 12.8 Å². The van der Waals surface area contributed by atoms with Gasteiger partial charge in [-0.15, -0.1) is 5.10 Å². The number of amides is 2.